The van der Waals surface area contributed by atoms with E-state index in [-0.39, 0.29) is 6.04 Å². The summed E-state index contributed by atoms with van der Waals surface area (Å²) in [6.45, 7) is 5.07. The average molecular weight is 234 g/mol. The smallest absolute Gasteiger partial charge is 0.0953 e. The van der Waals surface area contributed by atoms with Crippen LogP contribution < -0.4 is 5.73 Å². The minimum Gasteiger partial charge on any atom is -0.387 e. The van der Waals surface area contributed by atoms with Crippen LogP contribution in [0.4, 0.5) is 0 Å². The van der Waals surface area contributed by atoms with Crippen molar-refractivity contribution in [1.82, 2.24) is 4.90 Å². The van der Waals surface area contributed by atoms with Crippen LogP contribution in [0.3, 0.4) is 0 Å². The van der Waals surface area contributed by atoms with Gasteiger partial charge >= 0.3 is 0 Å². The third kappa shape index (κ3) is 3.28. The van der Waals surface area contributed by atoms with E-state index in [9.17, 15) is 5.11 Å². The van der Waals surface area contributed by atoms with Crippen LogP contribution in [0, 0.1) is 6.92 Å². The van der Waals surface area contributed by atoms with E-state index in [0.29, 0.717) is 0 Å². The zero-order valence-corrected chi connectivity index (χ0v) is 10.5. The Labute approximate surface area is 103 Å². The second-order valence-corrected chi connectivity index (χ2v) is 5.03. The molecule has 0 saturated carbocycles. The highest BCUT2D eigenvalue weighted by atomic mass is 16.3. The molecule has 94 valence electrons. The minimum atomic E-state index is -0.559. The maximum absolute atomic E-state index is 10.2. The largest absolute Gasteiger partial charge is 0.387 e. The van der Waals surface area contributed by atoms with Crippen molar-refractivity contribution in [2.75, 3.05) is 19.6 Å². The molecule has 3 heteroatoms. The number of benzene rings is 1. The summed E-state index contributed by atoms with van der Waals surface area (Å²) in [5, 5.41) is 10.2. The van der Waals surface area contributed by atoms with Crippen LogP contribution in [0.2, 0.25) is 0 Å². The van der Waals surface area contributed by atoms with Crippen molar-refractivity contribution in [3.8, 4) is 0 Å². The number of aryl methyl sites for hydroxylation is 1. The summed E-state index contributed by atoms with van der Waals surface area (Å²) in [5.41, 5.74) is 8.20. The monoisotopic (exact) mass is 234 g/mol. The van der Waals surface area contributed by atoms with E-state index in [4.69, 9.17) is 5.73 Å². The standard InChI is InChI=1S/C14H22N2O/c1-11-4-6-12(7-5-11)14(17)13(15)10-16-8-2-3-9-16/h4-7,13-14,17H,2-3,8-10,15H2,1H3/t13-,14-/m0/s1. The van der Waals surface area contributed by atoms with Crippen molar-refractivity contribution in [3.63, 3.8) is 0 Å². The third-order valence-electron chi connectivity index (χ3n) is 3.49. The summed E-state index contributed by atoms with van der Waals surface area (Å²) in [6, 6.07) is 7.76. The predicted molar refractivity (Wildman–Crippen MR) is 69.8 cm³/mol. The number of aliphatic hydroxyl groups excluding tert-OH is 1. The molecule has 1 aromatic carbocycles. The van der Waals surface area contributed by atoms with Gasteiger partial charge in [-0.05, 0) is 38.4 Å². The summed E-state index contributed by atoms with van der Waals surface area (Å²) >= 11 is 0. The molecule has 0 aromatic heterocycles. The second-order valence-electron chi connectivity index (χ2n) is 5.03. The van der Waals surface area contributed by atoms with Crippen molar-refractivity contribution in [1.29, 1.82) is 0 Å². The van der Waals surface area contributed by atoms with Gasteiger partial charge in [-0.3, -0.25) is 0 Å². The molecule has 0 spiro atoms. The van der Waals surface area contributed by atoms with Crippen molar-refractivity contribution < 1.29 is 5.11 Å². The molecule has 2 rings (SSSR count). The van der Waals surface area contributed by atoms with E-state index in [0.717, 1.165) is 25.2 Å². The van der Waals surface area contributed by atoms with Gasteiger partial charge in [-0.15, -0.1) is 0 Å². The Kier molecular flexibility index (Phi) is 4.15. The topological polar surface area (TPSA) is 49.5 Å². The summed E-state index contributed by atoms with van der Waals surface area (Å²) < 4.78 is 0. The molecule has 3 nitrogen and oxygen atoms in total. The fraction of sp³-hybridized carbons (Fsp3) is 0.571. The number of nitrogens with two attached hydrogens (primary N) is 1. The van der Waals surface area contributed by atoms with E-state index in [1.165, 1.54) is 18.4 Å². The number of rotatable bonds is 4. The first-order valence-electron chi connectivity index (χ1n) is 6.39. The van der Waals surface area contributed by atoms with Crippen LogP contribution in [0.1, 0.15) is 30.1 Å². The van der Waals surface area contributed by atoms with Gasteiger partial charge in [0.2, 0.25) is 0 Å². The lowest BCUT2D eigenvalue weighted by atomic mass is 10.0. The lowest BCUT2D eigenvalue weighted by molar-refractivity contribution is 0.125. The number of likely N-dealkylation sites (tertiary alicyclic amines) is 1. The van der Waals surface area contributed by atoms with E-state index in [2.05, 4.69) is 4.90 Å². The Balaban J connectivity index is 1.93. The first-order valence-corrected chi connectivity index (χ1v) is 6.39. The molecule has 0 aliphatic carbocycles. The van der Waals surface area contributed by atoms with Crippen LogP contribution in [0.15, 0.2) is 24.3 Å². The highest BCUT2D eigenvalue weighted by Gasteiger charge is 2.21. The first-order chi connectivity index (χ1) is 8.16. The Hall–Kier alpha value is -0.900. The zero-order chi connectivity index (χ0) is 12.3. The number of hydrogen-bond acceptors (Lipinski definition) is 3. The molecule has 0 unspecified atom stereocenters. The molecule has 1 fully saturated rings. The first kappa shape index (κ1) is 12.6. The summed E-state index contributed by atoms with van der Waals surface area (Å²) in [4.78, 5) is 2.34. The number of aliphatic hydroxyl groups is 1. The quantitative estimate of drug-likeness (QED) is 0.829. The molecule has 0 bridgehead atoms. The maximum Gasteiger partial charge on any atom is 0.0953 e. The molecule has 0 radical (unpaired) electrons. The Morgan fingerprint density at radius 1 is 1.24 bits per heavy atom. The van der Waals surface area contributed by atoms with Crippen LogP contribution in [0.5, 0.6) is 0 Å². The SMILES string of the molecule is Cc1ccc([C@H](O)[C@@H](N)CN2CCCC2)cc1. The average Bonchev–Trinajstić information content (AvgIpc) is 2.82. The highest BCUT2D eigenvalue weighted by Crippen LogP contribution is 2.18. The Morgan fingerprint density at radius 2 is 1.82 bits per heavy atom. The van der Waals surface area contributed by atoms with Gasteiger partial charge < -0.3 is 15.7 Å². The van der Waals surface area contributed by atoms with Gasteiger partial charge in [0.15, 0.2) is 0 Å². The molecule has 1 aliphatic rings. The molecular formula is C14H22N2O. The van der Waals surface area contributed by atoms with E-state index in [1.54, 1.807) is 0 Å². The van der Waals surface area contributed by atoms with Gasteiger partial charge in [0.1, 0.15) is 0 Å². The lowest BCUT2D eigenvalue weighted by Gasteiger charge is -2.24. The fourth-order valence-electron chi connectivity index (χ4n) is 2.37. The van der Waals surface area contributed by atoms with E-state index < -0.39 is 6.10 Å². The minimum absolute atomic E-state index is 0.198. The summed E-state index contributed by atoms with van der Waals surface area (Å²) in [7, 11) is 0. The maximum atomic E-state index is 10.2. The molecule has 1 aromatic rings. The van der Waals surface area contributed by atoms with E-state index >= 15 is 0 Å². The predicted octanol–water partition coefficient (Wildman–Crippen LogP) is 1.45. The summed E-state index contributed by atoms with van der Waals surface area (Å²) in [6.07, 6.45) is 1.96. The third-order valence-corrected chi connectivity index (χ3v) is 3.49. The van der Waals surface area contributed by atoms with Gasteiger partial charge in [-0.2, -0.15) is 0 Å². The molecular weight excluding hydrogens is 212 g/mol. The Morgan fingerprint density at radius 3 is 2.41 bits per heavy atom. The molecule has 17 heavy (non-hydrogen) atoms. The van der Waals surface area contributed by atoms with Gasteiger partial charge in [0.25, 0.3) is 0 Å². The highest BCUT2D eigenvalue weighted by molar-refractivity contribution is 5.24. The van der Waals surface area contributed by atoms with Crippen molar-refractivity contribution in [2.45, 2.75) is 31.9 Å². The normalized spacial score (nSPS) is 20.4. The van der Waals surface area contributed by atoms with Gasteiger partial charge in [-0.25, -0.2) is 0 Å². The van der Waals surface area contributed by atoms with Gasteiger partial charge in [0, 0.05) is 12.6 Å². The van der Waals surface area contributed by atoms with Gasteiger partial charge in [0.05, 0.1) is 6.10 Å². The van der Waals surface area contributed by atoms with Crippen molar-refractivity contribution in [2.24, 2.45) is 5.73 Å². The Bertz CT molecular complexity index is 344. The zero-order valence-electron chi connectivity index (χ0n) is 10.5. The van der Waals surface area contributed by atoms with E-state index in [1.807, 2.05) is 31.2 Å². The van der Waals surface area contributed by atoms with Crippen LogP contribution >= 0.6 is 0 Å². The molecule has 1 aliphatic heterocycles. The fourth-order valence-corrected chi connectivity index (χ4v) is 2.37. The molecule has 1 heterocycles. The van der Waals surface area contributed by atoms with Crippen molar-refractivity contribution >= 4 is 0 Å². The van der Waals surface area contributed by atoms with Crippen LogP contribution in [0.25, 0.3) is 0 Å². The lowest BCUT2D eigenvalue weighted by Crippen LogP contribution is -2.40. The molecule has 1 saturated heterocycles. The number of hydrogen-bond donors (Lipinski definition) is 2. The van der Waals surface area contributed by atoms with Crippen molar-refractivity contribution in [3.05, 3.63) is 35.4 Å². The second kappa shape index (κ2) is 5.63. The summed E-state index contributed by atoms with van der Waals surface area (Å²) in [5.74, 6) is 0. The molecule has 0 amide bonds. The van der Waals surface area contributed by atoms with Crippen LogP contribution in [-0.2, 0) is 0 Å². The molecule has 2 atom stereocenters. The molecule has 3 N–H and O–H groups in total. The van der Waals surface area contributed by atoms with Gasteiger partial charge in [-0.1, -0.05) is 29.8 Å². The van der Waals surface area contributed by atoms with Crippen LogP contribution in [-0.4, -0.2) is 35.7 Å². The number of nitrogens with zero attached hydrogens (tertiary/aromatic N) is 1.